The van der Waals surface area contributed by atoms with E-state index in [1.54, 1.807) is 45.5 Å². The average molecular weight is 344 g/mol. The molecule has 0 atom stereocenters. The molecule has 126 valence electrons. The van der Waals surface area contributed by atoms with E-state index in [0.717, 1.165) is 10.6 Å². The van der Waals surface area contributed by atoms with Gasteiger partial charge in [0.05, 0.1) is 12.9 Å². The summed E-state index contributed by atoms with van der Waals surface area (Å²) >= 11 is 1.45. The van der Waals surface area contributed by atoms with Crippen LogP contribution in [0.25, 0.3) is 0 Å². The van der Waals surface area contributed by atoms with Gasteiger partial charge >= 0.3 is 0 Å². The fraction of sp³-hybridized carbons (Fsp3) is 0.222. The maximum Gasteiger partial charge on any atom is 0.253 e. The van der Waals surface area contributed by atoms with Gasteiger partial charge in [0.2, 0.25) is 5.91 Å². The molecule has 2 aromatic carbocycles. The van der Waals surface area contributed by atoms with Gasteiger partial charge in [0, 0.05) is 30.2 Å². The van der Waals surface area contributed by atoms with Gasteiger partial charge in [-0.15, -0.1) is 11.8 Å². The molecule has 0 bridgehead atoms. The first-order valence-electron chi connectivity index (χ1n) is 7.38. The van der Waals surface area contributed by atoms with Crippen molar-refractivity contribution in [1.82, 2.24) is 4.90 Å². The third kappa shape index (κ3) is 5.03. The normalized spacial score (nSPS) is 10.1. The molecule has 2 amide bonds. The standard InChI is InChI=1S/C18H20N2O3S/c1-20(2)18(22)13-4-6-14(7-5-13)19-17(21)12-24-16-10-8-15(23-3)9-11-16/h4-11H,12H2,1-3H3,(H,19,21). The Morgan fingerprint density at radius 2 is 1.67 bits per heavy atom. The number of carbonyl (C=O) groups is 2. The van der Waals surface area contributed by atoms with Crippen molar-refractivity contribution in [3.63, 3.8) is 0 Å². The Bertz CT molecular complexity index is 697. The van der Waals surface area contributed by atoms with E-state index in [9.17, 15) is 9.59 Å². The molecule has 2 aromatic rings. The molecule has 1 N–H and O–H groups in total. The molecule has 0 heterocycles. The molecule has 0 spiro atoms. The van der Waals surface area contributed by atoms with Gasteiger partial charge in [-0.05, 0) is 48.5 Å². The van der Waals surface area contributed by atoms with E-state index < -0.39 is 0 Å². The second kappa shape index (κ2) is 8.40. The van der Waals surface area contributed by atoms with Crippen molar-refractivity contribution < 1.29 is 14.3 Å². The van der Waals surface area contributed by atoms with Gasteiger partial charge in [0.1, 0.15) is 5.75 Å². The molecule has 24 heavy (non-hydrogen) atoms. The van der Waals surface area contributed by atoms with Gasteiger partial charge in [-0.3, -0.25) is 9.59 Å². The zero-order chi connectivity index (χ0) is 17.5. The number of hydrogen-bond acceptors (Lipinski definition) is 4. The lowest BCUT2D eigenvalue weighted by atomic mass is 10.2. The summed E-state index contributed by atoms with van der Waals surface area (Å²) in [5, 5.41) is 2.82. The van der Waals surface area contributed by atoms with Crippen molar-refractivity contribution in [3.8, 4) is 5.75 Å². The van der Waals surface area contributed by atoms with Crippen molar-refractivity contribution in [1.29, 1.82) is 0 Å². The first-order valence-corrected chi connectivity index (χ1v) is 8.36. The minimum absolute atomic E-state index is 0.0667. The lowest BCUT2D eigenvalue weighted by Gasteiger charge is -2.11. The van der Waals surface area contributed by atoms with Crippen molar-refractivity contribution in [2.45, 2.75) is 4.90 Å². The number of hydrogen-bond donors (Lipinski definition) is 1. The fourth-order valence-electron chi connectivity index (χ4n) is 1.97. The SMILES string of the molecule is COc1ccc(SCC(=O)Nc2ccc(C(=O)N(C)C)cc2)cc1. The highest BCUT2D eigenvalue weighted by Crippen LogP contribution is 2.21. The maximum atomic E-state index is 12.0. The van der Waals surface area contributed by atoms with Crippen molar-refractivity contribution >= 4 is 29.3 Å². The topological polar surface area (TPSA) is 58.6 Å². The van der Waals surface area contributed by atoms with E-state index in [-0.39, 0.29) is 11.8 Å². The number of carbonyl (C=O) groups excluding carboxylic acids is 2. The van der Waals surface area contributed by atoms with E-state index in [1.165, 1.54) is 16.7 Å². The molecule has 0 radical (unpaired) electrons. The van der Waals surface area contributed by atoms with E-state index >= 15 is 0 Å². The van der Waals surface area contributed by atoms with Gasteiger partial charge in [-0.2, -0.15) is 0 Å². The maximum absolute atomic E-state index is 12.0. The molecule has 0 aliphatic rings. The van der Waals surface area contributed by atoms with Crippen LogP contribution in [0.15, 0.2) is 53.4 Å². The van der Waals surface area contributed by atoms with E-state index in [4.69, 9.17) is 4.74 Å². The molecule has 0 aliphatic heterocycles. The van der Waals surface area contributed by atoms with Crippen LogP contribution < -0.4 is 10.1 Å². The quantitative estimate of drug-likeness (QED) is 0.818. The number of nitrogens with one attached hydrogen (secondary N) is 1. The Morgan fingerprint density at radius 1 is 1.04 bits per heavy atom. The molecule has 0 saturated carbocycles. The highest BCUT2D eigenvalue weighted by atomic mass is 32.2. The molecule has 0 aliphatic carbocycles. The molecule has 0 aromatic heterocycles. The minimum atomic E-state index is -0.0949. The van der Waals surface area contributed by atoms with Crippen LogP contribution in [0, 0.1) is 0 Å². The second-order valence-corrected chi connectivity index (χ2v) is 6.34. The number of methoxy groups -OCH3 is 1. The zero-order valence-electron chi connectivity index (χ0n) is 13.9. The van der Waals surface area contributed by atoms with Crippen LogP contribution in [0.3, 0.4) is 0 Å². The lowest BCUT2D eigenvalue weighted by Crippen LogP contribution is -2.21. The Morgan fingerprint density at radius 3 is 2.21 bits per heavy atom. The Kier molecular flexibility index (Phi) is 6.26. The first kappa shape index (κ1) is 17.9. The van der Waals surface area contributed by atoms with Gasteiger partial charge in [0.25, 0.3) is 5.91 Å². The summed E-state index contributed by atoms with van der Waals surface area (Å²) in [7, 11) is 5.02. The van der Waals surface area contributed by atoms with Crippen LogP contribution in [0.4, 0.5) is 5.69 Å². The summed E-state index contributed by atoms with van der Waals surface area (Å²) in [6, 6.07) is 14.4. The number of ether oxygens (including phenoxy) is 1. The molecule has 0 saturated heterocycles. The Balaban J connectivity index is 1.86. The second-order valence-electron chi connectivity index (χ2n) is 5.29. The predicted octanol–water partition coefficient (Wildman–Crippen LogP) is 3.13. The van der Waals surface area contributed by atoms with Gasteiger partial charge in [0.15, 0.2) is 0 Å². The molecule has 0 fully saturated rings. The summed E-state index contributed by atoms with van der Waals surface area (Å²) in [6.45, 7) is 0. The van der Waals surface area contributed by atoms with E-state index in [2.05, 4.69) is 5.32 Å². The largest absolute Gasteiger partial charge is 0.497 e. The number of nitrogens with zero attached hydrogens (tertiary/aromatic N) is 1. The summed E-state index contributed by atoms with van der Waals surface area (Å²) in [5.74, 6) is 0.937. The first-order chi connectivity index (χ1) is 11.5. The average Bonchev–Trinajstić information content (AvgIpc) is 2.60. The third-order valence-corrected chi connectivity index (χ3v) is 4.26. The van der Waals surface area contributed by atoms with Gasteiger partial charge in [-0.1, -0.05) is 0 Å². The highest BCUT2D eigenvalue weighted by Gasteiger charge is 2.08. The molecule has 6 heteroatoms. The monoisotopic (exact) mass is 344 g/mol. The van der Waals surface area contributed by atoms with Crippen LogP contribution in [0.1, 0.15) is 10.4 Å². The summed E-state index contributed by atoms with van der Waals surface area (Å²) in [6.07, 6.45) is 0. The fourth-order valence-corrected chi connectivity index (χ4v) is 2.67. The van der Waals surface area contributed by atoms with Crippen molar-refractivity contribution in [3.05, 3.63) is 54.1 Å². The minimum Gasteiger partial charge on any atom is -0.497 e. The van der Waals surface area contributed by atoms with E-state index in [0.29, 0.717) is 17.0 Å². The van der Waals surface area contributed by atoms with Crippen LogP contribution >= 0.6 is 11.8 Å². The molecule has 0 unspecified atom stereocenters. The number of benzene rings is 2. The van der Waals surface area contributed by atoms with Crippen LogP contribution in [0.5, 0.6) is 5.75 Å². The van der Waals surface area contributed by atoms with Gasteiger partial charge in [-0.25, -0.2) is 0 Å². The summed E-state index contributed by atoms with van der Waals surface area (Å²) < 4.78 is 5.10. The van der Waals surface area contributed by atoms with Crippen LogP contribution in [-0.2, 0) is 4.79 Å². The van der Waals surface area contributed by atoms with Crippen LogP contribution in [0.2, 0.25) is 0 Å². The molecule has 2 rings (SSSR count). The Hall–Kier alpha value is -2.47. The summed E-state index contributed by atoms with van der Waals surface area (Å²) in [4.78, 5) is 26.3. The van der Waals surface area contributed by atoms with Crippen LogP contribution in [-0.4, -0.2) is 43.7 Å². The van der Waals surface area contributed by atoms with Crippen molar-refractivity contribution in [2.75, 3.05) is 32.3 Å². The van der Waals surface area contributed by atoms with Crippen molar-refractivity contribution in [2.24, 2.45) is 0 Å². The van der Waals surface area contributed by atoms with E-state index in [1.807, 2.05) is 24.3 Å². The molecular weight excluding hydrogens is 324 g/mol. The van der Waals surface area contributed by atoms with Gasteiger partial charge < -0.3 is 15.0 Å². The molecular formula is C18H20N2O3S. The molecule has 5 nitrogen and oxygen atoms in total. The number of anilines is 1. The predicted molar refractivity (Wildman–Crippen MR) is 96.8 cm³/mol. The highest BCUT2D eigenvalue weighted by molar-refractivity contribution is 8.00. The summed E-state index contributed by atoms with van der Waals surface area (Å²) in [5.41, 5.74) is 1.26. The zero-order valence-corrected chi connectivity index (χ0v) is 14.7. The number of amides is 2. The number of rotatable bonds is 6. The Labute approximate surface area is 146 Å². The number of thioether (sulfide) groups is 1. The third-order valence-electron chi connectivity index (χ3n) is 3.25. The lowest BCUT2D eigenvalue weighted by molar-refractivity contribution is -0.113. The smallest absolute Gasteiger partial charge is 0.253 e.